The maximum atomic E-state index is 12.5. The van der Waals surface area contributed by atoms with Crippen molar-refractivity contribution in [3.05, 3.63) is 35.9 Å². The molecule has 5 nitrogen and oxygen atoms in total. The Bertz CT molecular complexity index is 668. The zero-order chi connectivity index (χ0) is 18.5. The number of nitrogens with one attached hydrogen (secondary N) is 1. The first-order valence-electron chi connectivity index (χ1n) is 9.77. The van der Waals surface area contributed by atoms with E-state index >= 15 is 0 Å². The van der Waals surface area contributed by atoms with Gasteiger partial charge in [-0.05, 0) is 49.0 Å². The van der Waals surface area contributed by atoms with Crippen molar-refractivity contribution in [1.29, 1.82) is 0 Å². The molecule has 5 rings (SSSR count). The highest BCUT2D eigenvalue weighted by molar-refractivity contribution is 6.47. The summed E-state index contributed by atoms with van der Waals surface area (Å²) in [6, 6.07) is 9.26. The zero-order valence-electron chi connectivity index (χ0n) is 15.9. The predicted octanol–water partition coefficient (Wildman–Crippen LogP) is 1.94. The van der Waals surface area contributed by atoms with Gasteiger partial charge >= 0.3 is 7.12 Å². The molecule has 4 fully saturated rings. The summed E-state index contributed by atoms with van der Waals surface area (Å²) in [4.78, 5) is 12.5. The predicted molar refractivity (Wildman–Crippen MR) is 101 cm³/mol. The van der Waals surface area contributed by atoms with Crippen LogP contribution in [-0.4, -0.2) is 37.2 Å². The summed E-state index contributed by atoms with van der Waals surface area (Å²) in [5.41, 5.74) is 7.49. The average Bonchev–Trinajstić information content (AvgIpc) is 3.06. The molecule has 1 aliphatic heterocycles. The molecular weight excluding hydrogens is 327 g/mol. The summed E-state index contributed by atoms with van der Waals surface area (Å²) in [5.74, 6) is 0.933. The number of benzene rings is 1. The molecule has 0 unspecified atom stereocenters. The molecule has 140 valence electrons. The molecule has 2 bridgehead atoms. The van der Waals surface area contributed by atoms with Crippen molar-refractivity contribution in [3.63, 3.8) is 0 Å². The SMILES string of the molecule is C[C@H](NC(=O)[C@@H](N)Cc1ccccc1)B1O[C@H]2[C@H](C[C@H]3C[C@@H]2C3(C)C)O1. The van der Waals surface area contributed by atoms with Gasteiger partial charge in [-0.15, -0.1) is 0 Å². The lowest BCUT2D eigenvalue weighted by Gasteiger charge is -2.60. The Morgan fingerprint density at radius 3 is 2.73 bits per heavy atom. The summed E-state index contributed by atoms with van der Waals surface area (Å²) in [7, 11) is -0.381. The Morgan fingerprint density at radius 2 is 2.04 bits per heavy atom. The number of rotatable bonds is 5. The highest BCUT2D eigenvalue weighted by Gasteiger charge is 2.62. The van der Waals surface area contributed by atoms with E-state index in [9.17, 15) is 4.79 Å². The molecule has 3 aliphatic carbocycles. The van der Waals surface area contributed by atoms with Gasteiger partial charge in [0.05, 0.1) is 24.2 Å². The maximum Gasteiger partial charge on any atom is 0.481 e. The van der Waals surface area contributed by atoms with Crippen LogP contribution in [0.25, 0.3) is 0 Å². The number of carbonyl (C=O) groups excluding carboxylic acids is 1. The van der Waals surface area contributed by atoms with E-state index < -0.39 is 6.04 Å². The number of amides is 1. The number of nitrogens with two attached hydrogens (primary N) is 1. The smallest absolute Gasteiger partial charge is 0.404 e. The van der Waals surface area contributed by atoms with E-state index in [1.807, 2.05) is 37.3 Å². The van der Waals surface area contributed by atoms with Crippen LogP contribution in [0.1, 0.15) is 39.2 Å². The van der Waals surface area contributed by atoms with Crippen LogP contribution in [-0.2, 0) is 20.5 Å². The van der Waals surface area contributed by atoms with Gasteiger partial charge in [-0.2, -0.15) is 0 Å². The minimum absolute atomic E-state index is 0.159. The maximum absolute atomic E-state index is 12.5. The minimum Gasteiger partial charge on any atom is -0.404 e. The van der Waals surface area contributed by atoms with Crippen molar-refractivity contribution in [3.8, 4) is 0 Å². The lowest BCUT2D eigenvalue weighted by molar-refractivity contribution is -0.150. The van der Waals surface area contributed by atoms with Crippen LogP contribution in [0.15, 0.2) is 30.3 Å². The summed E-state index contributed by atoms with van der Waals surface area (Å²) >= 11 is 0. The molecule has 1 aromatic rings. The lowest BCUT2D eigenvalue weighted by Crippen LogP contribution is -2.59. The van der Waals surface area contributed by atoms with Crippen molar-refractivity contribution in [2.75, 3.05) is 0 Å². The van der Waals surface area contributed by atoms with Gasteiger partial charge in [-0.25, -0.2) is 0 Å². The van der Waals surface area contributed by atoms with E-state index in [4.69, 9.17) is 15.0 Å². The Balaban J connectivity index is 1.31. The molecule has 26 heavy (non-hydrogen) atoms. The second kappa shape index (κ2) is 6.66. The average molecular weight is 356 g/mol. The van der Waals surface area contributed by atoms with Gasteiger partial charge < -0.3 is 20.4 Å². The molecule has 0 radical (unpaired) electrons. The first kappa shape index (κ1) is 18.0. The van der Waals surface area contributed by atoms with Crippen molar-refractivity contribution < 1.29 is 14.1 Å². The summed E-state index contributed by atoms with van der Waals surface area (Å²) < 4.78 is 12.4. The van der Waals surface area contributed by atoms with Gasteiger partial charge in [0.2, 0.25) is 5.91 Å². The van der Waals surface area contributed by atoms with Crippen LogP contribution in [0.5, 0.6) is 0 Å². The molecule has 3 N–H and O–H groups in total. The Kier molecular flexibility index (Phi) is 4.62. The monoisotopic (exact) mass is 356 g/mol. The molecule has 0 aromatic heterocycles. The third kappa shape index (κ3) is 3.08. The molecule has 0 spiro atoms. The molecule has 1 amide bonds. The van der Waals surface area contributed by atoms with Crippen LogP contribution < -0.4 is 11.1 Å². The topological polar surface area (TPSA) is 73.6 Å². The summed E-state index contributed by atoms with van der Waals surface area (Å²) in [5, 5.41) is 2.99. The molecule has 1 heterocycles. The van der Waals surface area contributed by atoms with Crippen molar-refractivity contribution in [2.24, 2.45) is 23.0 Å². The molecule has 6 heteroatoms. The second-order valence-electron chi connectivity index (χ2n) is 8.83. The molecule has 6 atom stereocenters. The van der Waals surface area contributed by atoms with E-state index in [2.05, 4.69) is 19.2 Å². The van der Waals surface area contributed by atoms with Gasteiger partial charge in [0.25, 0.3) is 0 Å². The summed E-state index contributed by atoms with van der Waals surface area (Å²) in [6.45, 7) is 6.61. The molecular formula is C20H29BN2O3. The van der Waals surface area contributed by atoms with E-state index in [0.29, 0.717) is 17.8 Å². The van der Waals surface area contributed by atoms with E-state index in [0.717, 1.165) is 17.9 Å². The second-order valence-corrected chi connectivity index (χ2v) is 8.83. The van der Waals surface area contributed by atoms with Gasteiger partial charge in [0.1, 0.15) is 0 Å². The van der Waals surface area contributed by atoms with Gasteiger partial charge in [0, 0.05) is 0 Å². The fraction of sp³-hybridized carbons (Fsp3) is 0.650. The normalized spacial score (nSPS) is 33.8. The molecule has 1 saturated heterocycles. The fourth-order valence-electron chi connectivity index (χ4n) is 4.96. The highest BCUT2D eigenvalue weighted by Crippen LogP contribution is 2.61. The van der Waals surface area contributed by atoms with Crippen LogP contribution in [0.4, 0.5) is 0 Å². The lowest BCUT2D eigenvalue weighted by atomic mass is 9.47. The van der Waals surface area contributed by atoms with E-state index in [1.54, 1.807) is 0 Å². The summed E-state index contributed by atoms with van der Waals surface area (Å²) in [6.07, 6.45) is 3.17. The number of carbonyl (C=O) groups is 1. The van der Waals surface area contributed by atoms with Crippen molar-refractivity contribution in [2.45, 2.75) is 64.2 Å². The molecule has 3 saturated carbocycles. The van der Waals surface area contributed by atoms with Gasteiger partial charge in [-0.3, -0.25) is 4.79 Å². The van der Waals surface area contributed by atoms with E-state index in [1.165, 1.54) is 6.42 Å². The van der Waals surface area contributed by atoms with Crippen LogP contribution in [0.2, 0.25) is 0 Å². The fourth-order valence-corrected chi connectivity index (χ4v) is 4.96. The van der Waals surface area contributed by atoms with Gasteiger partial charge in [-0.1, -0.05) is 44.2 Å². The number of hydrogen-bond acceptors (Lipinski definition) is 4. The third-order valence-corrected chi connectivity index (χ3v) is 6.84. The largest absolute Gasteiger partial charge is 0.481 e. The van der Waals surface area contributed by atoms with E-state index in [-0.39, 0.29) is 31.2 Å². The molecule has 1 aromatic carbocycles. The van der Waals surface area contributed by atoms with Crippen LogP contribution in [0, 0.1) is 17.3 Å². The first-order chi connectivity index (χ1) is 12.4. The quantitative estimate of drug-likeness (QED) is 0.791. The van der Waals surface area contributed by atoms with Crippen LogP contribution in [0.3, 0.4) is 0 Å². The van der Waals surface area contributed by atoms with Gasteiger partial charge in [0.15, 0.2) is 0 Å². The first-order valence-corrected chi connectivity index (χ1v) is 9.77. The Labute approximate surface area is 156 Å². The van der Waals surface area contributed by atoms with Crippen molar-refractivity contribution in [1.82, 2.24) is 5.32 Å². The van der Waals surface area contributed by atoms with Crippen molar-refractivity contribution >= 4 is 13.0 Å². The highest BCUT2D eigenvalue weighted by atomic mass is 16.7. The molecule has 4 aliphatic rings. The third-order valence-electron chi connectivity index (χ3n) is 6.84. The Morgan fingerprint density at radius 1 is 1.31 bits per heavy atom. The number of hydrogen-bond donors (Lipinski definition) is 2. The standard InChI is InChI=1S/C20H29BN2O3/c1-12(23-19(24)16(22)9-13-7-5-4-6-8-13)21-25-17-11-14-10-15(18(17)26-21)20(14,2)3/h4-8,12,14-18H,9-11,22H2,1-3H3,(H,23,24)/t12-,14+,15-,16-,17-,18+/m0/s1. The van der Waals surface area contributed by atoms with Crippen LogP contribution >= 0.6 is 0 Å². The Hall–Kier alpha value is -1.37. The zero-order valence-corrected chi connectivity index (χ0v) is 15.9. The minimum atomic E-state index is -0.574.